The van der Waals surface area contributed by atoms with Crippen molar-refractivity contribution in [2.75, 3.05) is 30.0 Å². The Morgan fingerprint density at radius 3 is 2.93 bits per heavy atom. The van der Waals surface area contributed by atoms with E-state index in [1.165, 1.54) is 0 Å². The summed E-state index contributed by atoms with van der Waals surface area (Å²) in [7, 11) is 0. The second-order valence-corrected chi connectivity index (χ2v) is 7.41. The van der Waals surface area contributed by atoms with Crippen LogP contribution in [0.25, 0.3) is 0 Å². The molecule has 4 rings (SSSR count). The number of aromatic nitrogens is 2. The van der Waals surface area contributed by atoms with Crippen molar-refractivity contribution < 1.29 is 19.1 Å². The number of carbonyl (C=O) groups is 2. The minimum Gasteiger partial charge on any atom is -0.486 e. The molecule has 1 fully saturated rings. The summed E-state index contributed by atoms with van der Waals surface area (Å²) in [5.74, 6) is 0.900. The molecule has 0 spiro atoms. The zero-order chi connectivity index (χ0) is 19.7. The molecule has 146 valence electrons. The Morgan fingerprint density at radius 2 is 2.14 bits per heavy atom. The molecule has 0 bridgehead atoms. The third kappa shape index (κ3) is 3.62. The number of nitrogens with one attached hydrogen (secondary N) is 1. The lowest BCUT2D eigenvalue weighted by Gasteiger charge is -2.22. The van der Waals surface area contributed by atoms with Crippen molar-refractivity contribution in [2.45, 2.75) is 13.0 Å². The number of ether oxygens (including phenoxy) is 2. The number of nitrogens with zero attached hydrogens (tertiary/aromatic N) is 3. The van der Waals surface area contributed by atoms with Crippen molar-refractivity contribution in [3.05, 3.63) is 41.5 Å². The van der Waals surface area contributed by atoms with Crippen LogP contribution in [-0.2, 0) is 16.1 Å². The molecule has 2 amide bonds. The second kappa shape index (κ2) is 7.67. The summed E-state index contributed by atoms with van der Waals surface area (Å²) >= 11 is 3.38. The summed E-state index contributed by atoms with van der Waals surface area (Å²) in [4.78, 5) is 26.8. The summed E-state index contributed by atoms with van der Waals surface area (Å²) in [6.45, 7) is 5.49. The molecular weight excluding hydrogens is 428 g/mol. The molecule has 1 aromatic carbocycles. The van der Waals surface area contributed by atoms with Gasteiger partial charge in [0.25, 0.3) is 0 Å². The summed E-state index contributed by atoms with van der Waals surface area (Å²) in [5.41, 5.74) is 0.695. The van der Waals surface area contributed by atoms with Crippen LogP contribution in [0.4, 0.5) is 11.5 Å². The van der Waals surface area contributed by atoms with Gasteiger partial charge < -0.3 is 19.7 Å². The standard InChI is InChI=1S/C19H19BrN4O4/c1-2-5-23-11-14(20)18(22-23)21-19(26)12-8-17(25)24(10-12)13-3-4-15-16(9-13)28-7-6-27-15/h2-4,9,11-12H,1,5-8,10H2,(H,21,22,26). The van der Waals surface area contributed by atoms with Crippen molar-refractivity contribution in [1.82, 2.24) is 9.78 Å². The molecule has 3 heterocycles. The third-order valence-electron chi connectivity index (χ3n) is 4.61. The number of rotatable bonds is 5. The van der Waals surface area contributed by atoms with E-state index in [0.29, 0.717) is 53.8 Å². The Kier molecular flexibility index (Phi) is 5.08. The Labute approximate surface area is 170 Å². The number of halogens is 1. The summed E-state index contributed by atoms with van der Waals surface area (Å²) in [6, 6.07) is 5.37. The van der Waals surface area contributed by atoms with Crippen LogP contribution >= 0.6 is 15.9 Å². The molecule has 9 heteroatoms. The first kappa shape index (κ1) is 18.5. The van der Waals surface area contributed by atoms with Crippen LogP contribution < -0.4 is 19.7 Å². The predicted octanol–water partition coefficient (Wildman–Crippen LogP) is 2.59. The first-order chi connectivity index (χ1) is 13.5. The molecule has 0 radical (unpaired) electrons. The molecule has 1 unspecified atom stereocenters. The van der Waals surface area contributed by atoms with E-state index in [9.17, 15) is 9.59 Å². The van der Waals surface area contributed by atoms with Gasteiger partial charge in [-0.2, -0.15) is 5.10 Å². The van der Waals surface area contributed by atoms with Gasteiger partial charge in [0, 0.05) is 30.9 Å². The topological polar surface area (TPSA) is 85.7 Å². The number of allylic oxidation sites excluding steroid dienone is 1. The Hall–Kier alpha value is -2.81. The minimum atomic E-state index is -0.461. The third-order valence-corrected chi connectivity index (χ3v) is 5.19. The molecule has 1 aromatic heterocycles. The smallest absolute Gasteiger partial charge is 0.231 e. The molecular formula is C19H19BrN4O4. The molecule has 2 aromatic rings. The first-order valence-corrected chi connectivity index (χ1v) is 9.69. The van der Waals surface area contributed by atoms with Gasteiger partial charge >= 0.3 is 0 Å². The highest BCUT2D eigenvalue weighted by Gasteiger charge is 2.36. The maximum Gasteiger partial charge on any atom is 0.231 e. The van der Waals surface area contributed by atoms with E-state index in [1.54, 1.807) is 40.1 Å². The largest absolute Gasteiger partial charge is 0.486 e. The maximum absolute atomic E-state index is 12.7. The van der Waals surface area contributed by atoms with Crippen molar-refractivity contribution in [1.29, 1.82) is 0 Å². The van der Waals surface area contributed by atoms with E-state index in [2.05, 4.69) is 32.9 Å². The van der Waals surface area contributed by atoms with Gasteiger partial charge in [-0.15, -0.1) is 6.58 Å². The number of benzene rings is 1. The molecule has 1 atom stereocenters. The molecule has 1 saturated heterocycles. The Balaban J connectivity index is 1.45. The average Bonchev–Trinajstić information content (AvgIpc) is 3.24. The van der Waals surface area contributed by atoms with E-state index in [4.69, 9.17) is 9.47 Å². The molecule has 2 aliphatic heterocycles. The predicted molar refractivity (Wildman–Crippen MR) is 107 cm³/mol. The molecule has 28 heavy (non-hydrogen) atoms. The highest BCUT2D eigenvalue weighted by atomic mass is 79.9. The number of amides is 2. The van der Waals surface area contributed by atoms with Crippen LogP contribution in [0.15, 0.2) is 41.5 Å². The van der Waals surface area contributed by atoms with E-state index in [-0.39, 0.29) is 18.2 Å². The van der Waals surface area contributed by atoms with Gasteiger partial charge in [0.1, 0.15) is 13.2 Å². The zero-order valence-electron chi connectivity index (χ0n) is 15.1. The average molecular weight is 447 g/mol. The lowest BCUT2D eigenvalue weighted by atomic mass is 10.1. The minimum absolute atomic E-state index is 0.104. The van der Waals surface area contributed by atoms with Crippen LogP contribution in [-0.4, -0.2) is 41.4 Å². The van der Waals surface area contributed by atoms with Crippen molar-refractivity contribution in [3.8, 4) is 11.5 Å². The lowest BCUT2D eigenvalue weighted by Crippen LogP contribution is -2.28. The normalized spacial score (nSPS) is 18.2. The van der Waals surface area contributed by atoms with Crippen molar-refractivity contribution >= 4 is 39.2 Å². The fourth-order valence-electron chi connectivity index (χ4n) is 3.26. The maximum atomic E-state index is 12.7. The van der Waals surface area contributed by atoms with Crippen LogP contribution in [0, 0.1) is 5.92 Å². The monoisotopic (exact) mass is 446 g/mol. The summed E-state index contributed by atoms with van der Waals surface area (Å²) in [5, 5.41) is 7.09. The van der Waals surface area contributed by atoms with E-state index < -0.39 is 5.92 Å². The van der Waals surface area contributed by atoms with Crippen LogP contribution in [0.5, 0.6) is 11.5 Å². The van der Waals surface area contributed by atoms with E-state index in [0.717, 1.165) is 0 Å². The molecule has 8 nitrogen and oxygen atoms in total. The van der Waals surface area contributed by atoms with Crippen molar-refractivity contribution in [3.63, 3.8) is 0 Å². The van der Waals surface area contributed by atoms with Crippen LogP contribution in [0.3, 0.4) is 0 Å². The van der Waals surface area contributed by atoms with Gasteiger partial charge in [-0.25, -0.2) is 0 Å². The highest BCUT2D eigenvalue weighted by molar-refractivity contribution is 9.10. The highest BCUT2D eigenvalue weighted by Crippen LogP contribution is 2.36. The number of anilines is 2. The SMILES string of the molecule is C=CCn1cc(Br)c(NC(=O)C2CC(=O)N(c3ccc4c(c3)OCCO4)C2)n1. The summed E-state index contributed by atoms with van der Waals surface area (Å²) in [6.07, 6.45) is 3.62. The molecule has 2 aliphatic rings. The number of hydrogen-bond acceptors (Lipinski definition) is 5. The number of hydrogen-bond donors (Lipinski definition) is 1. The van der Waals surface area contributed by atoms with Gasteiger partial charge in [-0.05, 0) is 28.1 Å². The first-order valence-electron chi connectivity index (χ1n) is 8.90. The van der Waals surface area contributed by atoms with Crippen molar-refractivity contribution in [2.24, 2.45) is 5.92 Å². The van der Waals surface area contributed by atoms with Gasteiger partial charge in [-0.3, -0.25) is 14.3 Å². The molecule has 0 aliphatic carbocycles. The van der Waals surface area contributed by atoms with Gasteiger partial charge in [0.2, 0.25) is 11.8 Å². The fourth-order valence-corrected chi connectivity index (χ4v) is 3.67. The van der Waals surface area contributed by atoms with Crippen LogP contribution in [0.1, 0.15) is 6.42 Å². The van der Waals surface area contributed by atoms with Gasteiger partial charge in [-0.1, -0.05) is 6.08 Å². The number of fused-ring (bicyclic) bond motifs is 1. The Morgan fingerprint density at radius 1 is 1.36 bits per heavy atom. The molecule has 0 saturated carbocycles. The fraction of sp³-hybridized carbons (Fsp3) is 0.316. The lowest BCUT2D eigenvalue weighted by molar-refractivity contribution is -0.122. The van der Waals surface area contributed by atoms with E-state index >= 15 is 0 Å². The van der Waals surface area contributed by atoms with Gasteiger partial charge in [0.05, 0.1) is 16.9 Å². The molecule has 1 N–H and O–H groups in total. The number of carbonyl (C=O) groups excluding carboxylic acids is 2. The van der Waals surface area contributed by atoms with Gasteiger partial charge in [0.15, 0.2) is 17.3 Å². The summed E-state index contributed by atoms with van der Waals surface area (Å²) < 4.78 is 13.4. The second-order valence-electron chi connectivity index (χ2n) is 6.56. The van der Waals surface area contributed by atoms with Crippen LogP contribution in [0.2, 0.25) is 0 Å². The zero-order valence-corrected chi connectivity index (χ0v) is 16.6. The Bertz CT molecular complexity index is 942. The quantitative estimate of drug-likeness (QED) is 0.713. The van der Waals surface area contributed by atoms with E-state index in [1.807, 2.05) is 0 Å².